The number of thiol groups is 1. The van der Waals surface area contributed by atoms with Crippen LogP contribution in [-0.4, -0.2) is 79.0 Å². The number of nitrogens with zero attached hydrogens (tertiary/aromatic N) is 3. The van der Waals surface area contributed by atoms with Crippen LogP contribution in [0.15, 0.2) is 71.6 Å². The molecule has 0 saturated carbocycles. The number of benzene rings is 3. The van der Waals surface area contributed by atoms with Gasteiger partial charge in [-0.3, -0.25) is 9.59 Å². The number of amides is 2. The summed E-state index contributed by atoms with van der Waals surface area (Å²) < 4.78 is 28.3. The third kappa shape index (κ3) is 5.48. The van der Waals surface area contributed by atoms with Crippen molar-refractivity contribution >= 4 is 56.9 Å². The standard InChI is InChI=1S/C26H27N3O6S2/c1-27(16-24(30)28(2)20-10-7-18(8-11-20)26(32)33)25(31)23-14-21(36)15-29(23)37(34,35)22-12-9-17-5-3-4-6-19(17)13-22/h3-13,21,23,36H,14-16H2,1-2H3,(H,32,33). The minimum Gasteiger partial charge on any atom is -0.478 e. The van der Waals surface area contributed by atoms with E-state index in [0.29, 0.717) is 5.69 Å². The van der Waals surface area contributed by atoms with Crippen LogP contribution in [0.2, 0.25) is 0 Å². The summed E-state index contributed by atoms with van der Waals surface area (Å²) in [7, 11) is -1.02. The fourth-order valence-electron chi connectivity index (χ4n) is 4.35. The summed E-state index contributed by atoms with van der Waals surface area (Å²) in [6, 6.07) is 17.1. The lowest BCUT2D eigenvalue weighted by molar-refractivity contribution is -0.136. The minimum atomic E-state index is -4.00. The SMILES string of the molecule is CN(CC(=O)N(C)c1ccc(C(=O)O)cc1)C(=O)C1CC(S)CN1S(=O)(=O)c1ccc2ccccc2c1. The van der Waals surface area contributed by atoms with Gasteiger partial charge in [0.15, 0.2) is 0 Å². The Hall–Kier alpha value is -3.41. The van der Waals surface area contributed by atoms with Crippen LogP contribution in [0, 0.1) is 0 Å². The zero-order chi connectivity index (χ0) is 26.9. The summed E-state index contributed by atoms with van der Waals surface area (Å²) in [4.78, 5) is 39.9. The Balaban J connectivity index is 1.50. The van der Waals surface area contributed by atoms with Crippen LogP contribution in [-0.2, 0) is 19.6 Å². The Morgan fingerprint density at radius 2 is 1.65 bits per heavy atom. The van der Waals surface area contributed by atoms with Crippen LogP contribution in [0.4, 0.5) is 5.69 Å². The van der Waals surface area contributed by atoms with E-state index in [1.165, 1.54) is 58.5 Å². The molecular formula is C26H27N3O6S2. The molecule has 0 spiro atoms. The summed E-state index contributed by atoms with van der Waals surface area (Å²) in [5.41, 5.74) is 0.555. The van der Waals surface area contributed by atoms with E-state index in [-0.39, 0.29) is 35.2 Å². The molecule has 4 rings (SSSR count). The van der Waals surface area contributed by atoms with Gasteiger partial charge in [-0.25, -0.2) is 13.2 Å². The van der Waals surface area contributed by atoms with E-state index in [4.69, 9.17) is 5.11 Å². The number of carbonyl (C=O) groups is 3. The van der Waals surface area contributed by atoms with Gasteiger partial charge in [0, 0.05) is 31.6 Å². The maximum Gasteiger partial charge on any atom is 0.335 e. The summed E-state index contributed by atoms with van der Waals surface area (Å²) in [5.74, 6) is -1.99. The average Bonchev–Trinajstić information content (AvgIpc) is 3.29. The fraction of sp³-hybridized carbons (Fsp3) is 0.269. The molecule has 1 fully saturated rings. The van der Waals surface area contributed by atoms with E-state index < -0.39 is 33.8 Å². The van der Waals surface area contributed by atoms with Crippen molar-refractivity contribution in [1.82, 2.24) is 9.21 Å². The third-order valence-electron chi connectivity index (χ3n) is 6.47. The van der Waals surface area contributed by atoms with Crippen molar-refractivity contribution in [3.8, 4) is 0 Å². The molecule has 194 valence electrons. The van der Waals surface area contributed by atoms with Gasteiger partial charge in [0.2, 0.25) is 21.8 Å². The highest BCUT2D eigenvalue weighted by molar-refractivity contribution is 7.89. The van der Waals surface area contributed by atoms with Crippen LogP contribution >= 0.6 is 12.6 Å². The van der Waals surface area contributed by atoms with Gasteiger partial charge < -0.3 is 14.9 Å². The number of fused-ring (bicyclic) bond motifs is 1. The number of hydrogen-bond acceptors (Lipinski definition) is 6. The Labute approximate surface area is 220 Å². The monoisotopic (exact) mass is 541 g/mol. The molecular weight excluding hydrogens is 514 g/mol. The number of sulfonamides is 1. The molecule has 0 bridgehead atoms. The summed E-state index contributed by atoms with van der Waals surface area (Å²) in [6.07, 6.45) is 0.222. The van der Waals surface area contributed by atoms with E-state index in [0.717, 1.165) is 10.8 Å². The van der Waals surface area contributed by atoms with Crippen LogP contribution < -0.4 is 4.90 Å². The number of aromatic carboxylic acids is 1. The van der Waals surface area contributed by atoms with Crippen molar-refractivity contribution in [2.24, 2.45) is 0 Å². The van der Waals surface area contributed by atoms with Crippen molar-refractivity contribution in [2.75, 3.05) is 32.1 Å². The van der Waals surface area contributed by atoms with Gasteiger partial charge in [0.05, 0.1) is 17.0 Å². The number of likely N-dealkylation sites (N-methyl/N-ethyl adjacent to an activating group) is 2. The number of rotatable bonds is 7. The lowest BCUT2D eigenvalue weighted by Gasteiger charge is -2.28. The number of anilines is 1. The quantitative estimate of drug-likeness (QED) is 0.445. The Bertz CT molecular complexity index is 1460. The molecule has 1 saturated heterocycles. The Morgan fingerprint density at radius 1 is 1.00 bits per heavy atom. The lowest BCUT2D eigenvalue weighted by Crippen LogP contribution is -2.49. The highest BCUT2D eigenvalue weighted by Gasteiger charge is 2.44. The highest BCUT2D eigenvalue weighted by Crippen LogP contribution is 2.31. The zero-order valence-corrected chi connectivity index (χ0v) is 22.0. The minimum absolute atomic E-state index is 0.0757. The second kappa shape index (κ2) is 10.5. The predicted octanol–water partition coefficient (Wildman–Crippen LogP) is 2.72. The maximum atomic E-state index is 13.6. The first-order valence-electron chi connectivity index (χ1n) is 11.5. The van der Waals surface area contributed by atoms with E-state index in [9.17, 15) is 22.8 Å². The predicted molar refractivity (Wildman–Crippen MR) is 143 cm³/mol. The van der Waals surface area contributed by atoms with Crippen molar-refractivity contribution in [1.29, 1.82) is 0 Å². The number of carboxylic acids is 1. The summed E-state index contributed by atoms with van der Waals surface area (Å²) in [5, 5.41) is 10.4. The van der Waals surface area contributed by atoms with E-state index in [2.05, 4.69) is 12.6 Å². The molecule has 3 aromatic rings. The van der Waals surface area contributed by atoms with E-state index in [1.54, 1.807) is 12.1 Å². The van der Waals surface area contributed by atoms with Gasteiger partial charge in [0.1, 0.15) is 6.04 Å². The van der Waals surface area contributed by atoms with Crippen molar-refractivity contribution in [3.63, 3.8) is 0 Å². The van der Waals surface area contributed by atoms with Crippen LogP contribution in [0.5, 0.6) is 0 Å². The van der Waals surface area contributed by atoms with Crippen molar-refractivity contribution in [2.45, 2.75) is 22.6 Å². The van der Waals surface area contributed by atoms with Gasteiger partial charge in [-0.2, -0.15) is 16.9 Å². The van der Waals surface area contributed by atoms with Crippen LogP contribution in [0.25, 0.3) is 10.8 Å². The molecule has 11 heteroatoms. The number of carbonyl (C=O) groups excluding carboxylic acids is 2. The molecule has 0 radical (unpaired) electrons. The Morgan fingerprint density at radius 3 is 2.30 bits per heavy atom. The largest absolute Gasteiger partial charge is 0.478 e. The first-order chi connectivity index (χ1) is 17.5. The maximum absolute atomic E-state index is 13.6. The molecule has 2 atom stereocenters. The third-order valence-corrected chi connectivity index (χ3v) is 8.72. The van der Waals surface area contributed by atoms with Gasteiger partial charge >= 0.3 is 5.97 Å². The van der Waals surface area contributed by atoms with Crippen molar-refractivity contribution < 1.29 is 27.9 Å². The van der Waals surface area contributed by atoms with Gasteiger partial charge in [-0.1, -0.05) is 30.3 Å². The second-order valence-electron chi connectivity index (χ2n) is 8.99. The van der Waals surface area contributed by atoms with E-state index >= 15 is 0 Å². The van der Waals surface area contributed by atoms with Crippen LogP contribution in [0.1, 0.15) is 16.8 Å². The molecule has 0 aromatic heterocycles. The van der Waals surface area contributed by atoms with Crippen LogP contribution in [0.3, 0.4) is 0 Å². The Kier molecular flexibility index (Phi) is 7.58. The van der Waals surface area contributed by atoms with Crippen molar-refractivity contribution in [3.05, 3.63) is 72.3 Å². The molecule has 1 aliphatic heterocycles. The van der Waals surface area contributed by atoms with Gasteiger partial charge in [-0.05, 0) is 53.6 Å². The topological polar surface area (TPSA) is 115 Å². The molecule has 0 aliphatic carbocycles. The second-order valence-corrected chi connectivity index (χ2v) is 11.6. The normalized spacial score (nSPS) is 18.0. The molecule has 37 heavy (non-hydrogen) atoms. The molecule has 2 amide bonds. The average molecular weight is 542 g/mol. The lowest BCUT2D eigenvalue weighted by atomic mass is 10.1. The smallest absolute Gasteiger partial charge is 0.335 e. The number of hydrogen-bond donors (Lipinski definition) is 2. The summed E-state index contributed by atoms with van der Waals surface area (Å²) >= 11 is 4.46. The molecule has 9 nitrogen and oxygen atoms in total. The molecule has 3 aromatic carbocycles. The first kappa shape index (κ1) is 26.6. The molecule has 2 unspecified atom stereocenters. The zero-order valence-electron chi connectivity index (χ0n) is 20.3. The molecule has 1 heterocycles. The van der Waals surface area contributed by atoms with Gasteiger partial charge in [-0.15, -0.1) is 0 Å². The molecule has 1 aliphatic rings. The summed E-state index contributed by atoms with van der Waals surface area (Å²) in [6.45, 7) is -0.208. The molecule has 1 N–H and O–H groups in total. The first-order valence-corrected chi connectivity index (χ1v) is 13.5. The number of carboxylic acid groups (broad SMARTS) is 1. The van der Waals surface area contributed by atoms with E-state index in [1.807, 2.05) is 24.3 Å². The van der Waals surface area contributed by atoms with Gasteiger partial charge in [0.25, 0.3) is 0 Å². The highest BCUT2D eigenvalue weighted by atomic mass is 32.2. The fourth-order valence-corrected chi connectivity index (χ4v) is 6.51.